The standard InChI is InChI=1S/C13H15FN2O5S/c1-9(11-2-4-12(5-3-11)16(18)19)15-7-10(6-13(15)17)8-22(14,20)21/h2-5,9-10H,6-8H2,1H3/t9-,10?/m0/s1. The molecule has 0 saturated carbocycles. The molecule has 1 heterocycles. The lowest BCUT2D eigenvalue weighted by atomic mass is 10.1. The Morgan fingerprint density at radius 1 is 1.41 bits per heavy atom. The lowest BCUT2D eigenvalue weighted by molar-refractivity contribution is -0.384. The number of nitro groups is 1. The summed E-state index contributed by atoms with van der Waals surface area (Å²) < 4.78 is 34.1. The van der Waals surface area contributed by atoms with Crippen LogP contribution in [0.2, 0.25) is 0 Å². The van der Waals surface area contributed by atoms with Crippen LogP contribution >= 0.6 is 0 Å². The van der Waals surface area contributed by atoms with E-state index in [1.807, 2.05) is 0 Å². The third kappa shape index (κ3) is 3.79. The van der Waals surface area contributed by atoms with Gasteiger partial charge in [0.2, 0.25) is 5.91 Å². The van der Waals surface area contributed by atoms with Crippen LogP contribution in [0, 0.1) is 16.0 Å². The van der Waals surface area contributed by atoms with Crippen molar-refractivity contribution in [3.8, 4) is 0 Å². The number of non-ortho nitro benzene ring substituents is 1. The summed E-state index contributed by atoms with van der Waals surface area (Å²) in [6.45, 7) is 1.89. The van der Waals surface area contributed by atoms with E-state index >= 15 is 0 Å². The van der Waals surface area contributed by atoms with Crippen molar-refractivity contribution in [1.29, 1.82) is 0 Å². The zero-order valence-electron chi connectivity index (χ0n) is 11.8. The van der Waals surface area contributed by atoms with Crippen LogP contribution in [-0.4, -0.2) is 36.4 Å². The molecule has 1 unspecified atom stereocenters. The highest BCUT2D eigenvalue weighted by molar-refractivity contribution is 7.86. The Balaban J connectivity index is 2.10. The SMILES string of the molecule is C[C@@H](c1ccc([N+](=O)[O-])cc1)N1CC(CS(=O)(=O)F)CC1=O. The molecule has 0 bridgehead atoms. The van der Waals surface area contributed by atoms with Crippen molar-refractivity contribution in [2.75, 3.05) is 12.3 Å². The molecule has 1 aromatic carbocycles. The van der Waals surface area contributed by atoms with Gasteiger partial charge in [-0.25, -0.2) is 0 Å². The Bertz CT molecular complexity index is 689. The molecule has 0 aliphatic carbocycles. The monoisotopic (exact) mass is 330 g/mol. The van der Waals surface area contributed by atoms with E-state index in [2.05, 4.69) is 0 Å². The van der Waals surface area contributed by atoms with E-state index in [0.29, 0.717) is 5.56 Å². The van der Waals surface area contributed by atoms with Crippen LogP contribution in [0.4, 0.5) is 9.57 Å². The number of amides is 1. The Hall–Kier alpha value is -2.03. The summed E-state index contributed by atoms with van der Waals surface area (Å²) >= 11 is 0. The summed E-state index contributed by atoms with van der Waals surface area (Å²) in [4.78, 5) is 23.5. The molecule has 1 aliphatic rings. The number of likely N-dealkylation sites (tertiary alicyclic amines) is 1. The van der Waals surface area contributed by atoms with Gasteiger partial charge in [0.05, 0.1) is 16.7 Å². The highest BCUT2D eigenvalue weighted by Crippen LogP contribution is 2.30. The summed E-state index contributed by atoms with van der Waals surface area (Å²) in [6, 6.07) is 5.43. The quantitative estimate of drug-likeness (QED) is 0.466. The number of hydrogen-bond acceptors (Lipinski definition) is 5. The van der Waals surface area contributed by atoms with Gasteiger partial charge in [0.25, 0.3) is 5.69 Å². The van der Waals surface area contributed by atoms with Crippen molar-refractivity contribution < 1.29 is 22.0 Å². The summed E-state index contributed by atoms with van der Waals surface area (Å²) in [5.74, 6) is -1.48. The van der Waals surface area contributed by atoms with Crippen molar-refractivity contribution in [1.82, 2.24) is 4.90 Å². The van der Waals surface area contributed by atoms with Crippen LogP contribution in [0.25, 0.3) is 0 Å². The second-order valence-electron chi connectivity index (χ2n) is 5.35. The minimum atomic E-state index is -4.61. The number of rotatable bonds is 5. The molecule has 22 heavy (non-hydrogen) atoms. The molecule has 0 spiro atoms. The third-order valence-corrected chi connectivity index (χ3v) is 4.60. The summed E-state index contributed by atoms with van der Waals surface area (Å²) in [6.07, 6.45) is -0.0134. The van der Waals surface area contributed by atoms with Gasteiger partial charge in [-0.15, -0.1) is 3.89 Å². The van der Waals surface area contributed by atoms with E-state index in [4.69, 9.17) is 0 Å². The molecule has 1 aromatic rings. The number of carbonyl (C=O) groups is 1. The zero-order chi connectivity index (χ0) is 16.5. The van der Waals surface area contributed by atoms with E-state index < -0.39 is 26.8 Å². The predicted octanol–water partition coefficient (Wildman–Crippen LogP) is 1.80. The molecule has 2 atom stereocenters. The first kappa shape index (κ1) is 16.3. The highest BCUT2D eigenvalue weighted by atomic mass is 32.3. The molecule has 2 rings (SSSR count). The number of nitrogens with zero attached hydrogens (tertiary/aromatic N) is 2. The molecular weight excluding hydrogens is 315 g/mol. The van der Waals surface area contributed by atoms with Crippen molar-refractivity contribution in [3.63, 3.8) is 0 Å². The molecule has 7 nitrogen and oxygen atoms in total. The maximum absolute atomic E-state index is 12.7. The van der Waals surface area contributed by atoms with E-state index in [0.717, 1.165) is 0 Å². The Kier molecular flexibility index (Phi) is 4.45. The van der Waals surface area contributed by atoms with Crippen molar-refractivity contribution in [3.05, 3.63) is 39.9 Å². The van der Waals surface area contributed by atoms with Gasteiger partial charge < -0.3 is 4.90 Å². The first-order valence-corrected chi connectivity index (χ1v) is 8.19. The molecule has 120 valence electrons. The largest absolute Gasteiger partial charge is 0.336 e. The molecule has 0 N–H and O–H groups in total. The lowest BCUT2D eigenvalue weighted by Crippen LogP contribution is -2.29. The molecule has 1 fully saturated rings. The fraction of sp³-hybridized carbons (Fsp3) is 0.462. The fourth-order valence-electron chi connectivity index (χ4n) is 2.63. The Morgan fingerprint density at radius 2 is 2.00 bits per heavy atom. The molecule has 1 saturated heterocycles. The molecule has 0 radical (unpaired) electrons. The molecule has 9 heteroatoms. The van der Waals surface area contributed by atoms with E-state index in [9.17, 15) is 27.2 Å². The molecule has 1 aliphatic heterocycles. The van der Waals surface area contributed by atoms with Gasteiger partial charge in [0.15, 0.2) is 0 Å². The maximum atomic E-state index is 12.7. The van der Waals surface area contributed by atoms with Gasteiger partial charge in [-0.2, -0.15) is 8.42 Å². The van der Waals surface area contributed by atoms with Gasteiger partial charge in [-0.05, 0) is 12.5 Å². The average molecular weight is 330 g/mol. The van der Waals surface area contributed by atoms with Gasteiger partial charge in [0, 0.05) is 31.0 Å². The lowest BCUT2D eigenvalue weighted by Gasteiger charge is -2.25. The number of hydrogen-bond donors (Lipinski definition) is 0. The number of benzene rings is 1. The third-order valence-electron chi connectivity index (χ3n) is 3.73. The second kappa shape index (κ2) is 5.99. The minimum Gasteiger partial charge on any atom is -0.336 e. The predicted molar refractivity (Wildman–Crippen MR) is 76.2 cm³/mol. The Morgan fingerprint density at radius 3 is 2.50 bits per heavy atom. The minimum absolute atomic E-state index is 0.0134. The van der Waals surface area contributed by atoms with Crippen LogP contribution in [0.1, 0.15) is 24.9 Å². The first-order chi connectivity index (χ1) is 10.2. The molecular formula is C13H15FN2O5S. The van der Waals surface area contributed by atoms with Crippen molar-refractivity contribution in [2.24, 2.45) is 5.92 Å². The van der Waals surface area contributed by atoms with Gasteiger partial charge in [0.1, 0.15) is 0 Å². The first-order valence-electron chi connectivity index (χ1n) is 6.63. The van der Waals surface area contributed by atoms with Crippen LogP contribution < -0.4 is 0 Å². The number of nitro benzene ring substituents is 1. The fourth-order valence-corrected chi connectivity index (χ4v) is 3.42. The summed E-state index contributed by atoms with van der Waals surface area (Å²) in [5.41, 5.74) is 0.646. The molecule has 1 amide bonds. The van der Waals surface area contributed by atoms with E-state index in [-0.39, 0.29) is 30.6 Å². The topological polar surface area (TPSA) is 97.6 Å². The summed E-state index contributed by atoms with van der Waals surface area (Å²) in [7, 11) is -4.61. The Labute approximate surface area is 127 Å². The molecule has 0 aromatic heterocycles. The van der Waals surface area contributed by atoms with Crippen molar-refractivity contribution >= 4 is 21.8 Å². The zero-order valence-corrected chi connectivity index (χ0v) is 12.6. The number of carbonyl (C=O) groups excluding carboxylic acids is 1. The van der Waals surface area contributed by atoms with E-state index in [1.54, 1.807) is 19.1 Å². The van der Waals surface area contributed by atoms with E-state index in [1.165, 1.54) is 17.0 Å². The van der Waals surface area contributed by atoms with Gasteiger partial charge in [-0.3, -0.25) is 14.9 Å². The maximum Gasteiger partial charge on any atom is 0.302 e. The van der Waals surface area contributed by atoms with Crippen LogP contribution in [0.15, 0.2) is 24.3 Å². The van der Waals surface area contributed by atoms with Gasteiger partial charge >= 0.3 is 10.2 Å². The summed E-state index contributed by atoms with van der Waals surface area (Å²) in [5, 5.41) is 10.6. The number of halogens is 1. The van der Waals surface area contributed by atoms with Crippen molar-refractivity contribution in [2.45, 2.75) is 19.4 Å². The smallest absolute Gasteiger partial charge is 0.302 e. The van der Waals surface area contributed by atoms with Crippen LogP contribution in [0.5, 0.6) is 0 Å². The van der Waals surface area contributed by atoms with Crippen LogP contribution in [-0.2, 0) is 15.0 Å². The van der Waals surface area contributed by atoms with Crippen LogP contribution in [0.3, 0.4) is 0 Å². The highest BCUT2D eigenvalue weighted by Gasteiger charge is 2.35. The average Bonchev–Trinajstić information content (AvgIpc) is 2.76. The second-order valence-corrected chi connectivity index (χ2v) is 6.76. The van der Waals surface area contributed by atoms with Gasteiger partial charge in [-0.1, -0.05) is 12.1 Å². The normalized spacial score (nSPS) is 20.2.